The summed E-state index contributed by atoms with van der Waals surface area (Å²) in [7, 11) is 3.51. The highest BCUT2D eigenvalue weighted by Crippen LogP contribution is 2.34. The van der Waals surface area contributed by atoms with Crippen LogP contribution in [-0.2, 0) is 6.42 Å². The second-order valence-electron chi connectivity index (χ2n) is 7.20. The van der Waals surface area contributed by atoms with Crippen molar-refractivity contribution in [3.63, 3.8) is 0 Å². The summed E-state index contributed by atoms with van der Waals surface area (Å²) >= 11 is 0. The molecule has 2 aromatic carbocycles. The van der Waals surface area contributed by atoms with Crippen molar-refractivity contribution in [2.45, 2.75) is 13.3 Å². The minimum Gasteiger partial charge on any atom is -0.492 e. The summed E-state index contributed by atoms with van der Waals surface area (Å²) in [6.07, 6.45) is 0.749. The topological polar surface area (TPSA) is 84.4 Å². The number of aliphatic imine (C=N–C) groups is 1. The number of fused-ring (bicyclic) bond motifs is 1. The van der Waals surface area contributed by atoms with Gasteiger partial charge in [0.25, 0.3) is 5.91 Å². The Morgan fingerprint density at radius 1 is 1.13 bits per heavy atom. The van der Waals surface area contributed by atoms with Crippen LogP contribution in [0.5, 0.6) is 17.2 Å². The fraction of sp³-hybridized carbons (Fsp3) is 0.391. The number of hydrogen-bond donors (Lipinski definition) is 2. The first-order chi connectivity index (χ1) is 15.1. The first-order valence-corrected chi connectivity index (χ1v) is 10.4. The van der Waals surface area contributed by atoms with Gasteiger partial charge in [0.05, 0.1) is 6.54 Å². The average Bonchev–Trinajstić information content (AvgIpc) is 3.24. The van der Waals surface area contributed by atoms with E-state index < -0.39 is 0 Å². The zero-order valence-electron chi connectivity index (χ0n) is 18.3. The standard InChI is InChI=1S/C23H30N4O4/c1-4-24-23(25-11-10-17-6-5-7-18(14-17)22(28)27(2)3)26-12-13-29-19-8-9-20-21(15-19)31-16-30-20/h5-9,14-15H,4,10-13,16H2,1-3H3,(H2,24,25,26). The maximum Gasteiger partial charge on any atom is 0.253 e. The minimum atomic E-state index is 0.00261. The van der Waals surface area contributed by atoms with Gasteiger partial charge in [0.15, 0.2) is 17.5 Å². The number of guanidine groups is 1. The highest BCUT2D eigenvalue weighted by molar-refractivity contribution is 5.94. The van der Waals surface area contributed by atoms with Crippen molar-refractivity contribution >= 4 is 11.9 Å². The van der Waals surface area contributed by atoms with Crippen LogP contribution < -0.4 is 24.8 Å². The maximum absolute atomic E-state index is 12.1. The van der Waals surface area contributed by atoms with Crippen LogP contribution >= 0.6 is 0 Å². The van der Waals surface area contributed by atoms with Crippen LogP contribution in [0.15, 0.2) is 47.5 Å². The Kier molecular flexibility index (Phi) is 7.98. The van der Waals surface area contributed by atoms with Crippen LogP contribution in [0.4, 0.5) is 0 Å². The highest BCUT2D eigenvalue weighted by atomic mass is 16.7. The summed E-state index contributed by atoms with van der Waals surface area (Å²) in [5.41, 5.74) is 1.77. The molecule has 0 unspecified atom stereocenters. The molecule has 0 saturated carbocycles. The molecule has 166 valence electrons. The van der Waals surface area contributed by atoms with E-state index in [1.807, 2.05) is 49.4 Å². The van der Waals surface area contributed by atoms with Crippen molar-refractivity contribution in [3.8, 4) is 17.2 Å². The van der Waals surface area contributed by atoms with Gasteiger partial charge in [-0.2, -0.15) is 0 Å². The Bertz CT molecular complexity index is 914. The van der Waals surface area contributed by atoms with Crippen molar-refractivity contribution in [1.82, 2.24) is 15.5 Å². The van der Waals surface area contributed by atoms with Gasteiger partial charge in [-0.05, 0) is 43.2 Å². The smallest absolute Gasteiger partial charge is 0.253 e. The number of nitrogens with zero attached hydrogens (tertiary/aromatic N) is 2. The molecule has 1 aliphatic rings. The van der Waals surface area contributed by atoms with E-state index >= 15 is 0 Å². The van der Waals surface area contributed by atoms with Crippen molar-refractivity contribution in [2.24, 2.45) is 4.99 Å². The van der Waals surface area contributed by atoms with E-state index in [4.69, 9.17) is 14.2 Å². The summed E-state index contributed by atoms with van der Waals surface area (Å²) < 4.78 is 16.4. The highest BCUT2D eigenvalue weighted by Gasteiger charge is 2.13. The van der Waals surface area contributed by atoms with Crippen LogP contribution in [0, 0.1) is 0 Å². The summed E-state index contributed by atoms with van der Waals surface area (Å²) in [5.74, 6) is 2.92. The summed E-state index contributed by atoms with van der Waals surface area (Å²) in [4.78, 5) is 18.3. The van der Waals surface area contributed by atoms with Crippen LogP contribution in [0.3, 0.4) is 0 Å². The minimum absolute atomic E-state index is 0.00261. The zero-order chi connectivity index (χ0) is 22.1. The summed E-state index contributed by atoms with van der Waals surface area (Å²) in [6, 6.07) is 13.2. The van der Waals surface area contributed by atoms with Crippen LogP contribution in [0.1, 0.15) is 22.8 Å². The number of carbonyl (C=O) groups excluding carboxylic acids is 1. The Labute approximate surface area is 183 Å². The van der Waals surface area contributed by atoms with Gasteiger partial charge in [-0.15, -0.1) is 0 Å². The van der Waals surface area contributed by atoms with Gasteiger partial charge in [-0.1, -0.05) is 12.1 Å². The Morgan fingerprint density at radius 3 is 2.77 bits per heavy atom. The molecule has 2 aromatic rings. The number of amides is 1. The van der Waals surface area contributed by atoms with Gasteiger partial charge < -0.3 is 29.7 Å². The molecule has 1 aliphatic heterocycles. The van der Waals surface area contributed by atoms with Crippen molar-refractivity contribution < 1.29 is 19.0 Å². The molecule has 8 heteroatoms. The molecule has 0 spiro atoms. The molecule has 2 N–H and O–H groups in total. The van der Waals surface area contributed by atoms with E-state index in [-0.39, 0.29) is 12.7 Å². The third-order valence-electron chi connectivity index (χ3n) is 4.60. The van der Waals surface area contributed by atoms with Gasteiger partial charge in [0, 0.05) is 38.8 Å². The SMILES string of the molecule is CCNC(=NCCc1cccc(C(=O)N(C)C)c1)NCCOc1ccc2c(c1)OCO2. The van der Waals surface area contributed by atoms with Crippen molar-refractivity contribution in [2.75, 3.05) is 47.1 Å². The molecular weight excluding hydrogens is 396 g/mol. The number of benzene rings is 2. The summed E-state index contributed by atoms with van der Waals surface area (Å²) in [5, 5.41) is 6.50. The second kappa shape index (κ2) is 11.1. The van der Waals surface area contributed by atoms with E-state index in [0.29, 0.717) is 31.0 Å². The maximum atomic E-state index is 12.1. The summed E-state index contributed by atoms with van der Waals surface area (Å²) in [6.45, 7) is 4.74. The Balaban J connectivity index is 1.45. The lowest BCUT2D eigenvalue weighted by molar-refractivity contribution is 0.0827. The largest absolute Gasteiger partial charge is 0.492 e. The lowest BCUT2D eigenvalue weighted by atomic mass is 10.1. The van der Waals surface area contributed by atoms with Crippen molar-refractivity contribution in [3.05, 3.63) is 53.6 Å². The molecule has 3 rings (SSSR count). The first kappa shape index (κ1) is 22.3. The fourth-order valence-corrected chi connectivity index (χ4v) is 3.06. The predicted molar refractivity (Wildman–Crippen MR) is 120 cm³/mol. The Hall–Kier alpha value is -3.42. The van der Waals surface area contributed by atoms with Crippen molar-refractivity contribution in [1.29, 1.82) is 0 Å². The van der Waals surface area contributed by atoms with E-state index in [9.17, 15) is 4.79 Å². The molecule has 1 heterocycles. The molecule has 0 aliphatic carbocycles. The van der Waals surface area contributed by atoms with Gasteiger partial charge in [0.2, 0.25) is 6.79 Å². The monoisotopic (exact) mass is 426 g/mol. The van der Waals surface area contributed by atoms with Gasteiger partial charge in [-0.3, -0.25) is 9.79 Å². The molecule has 8 nitrogen and oxygen atoms in total. The molecule has 31 heavy (non-hydrogen) atoms. The molecule has 1 amide bonds. The van der Waals surface area contributed by atoms with E-state index in [0.717, 1.165) is 36.0 Å². The molecule has 0 bridgehead atoms. The molecule has 0 radical (unpaired) electrons. The molecule has 0 fully saturated rings. The van der Waals surface area contributed by atoms with Crippen LogP contribution in [0.25, 0.3) is 0 Å². The molecule has 0 saturated heterocycles. The average molecular weight is 427 g/mol. The third-order valence-corrected chi connectivity index (χ3v) is 4.60. The second-order valence-corrected chi connectivity index (χ2v) is 7.20. The van der Waals surface area contributed by atoms with E-state index in [1.54, 1.807) is 19.0 Å². The van der Waals surface area contributed by atoms with Gasteiger partial charge in [0.1, 0.15) is 12.4 Å². The number of ether oxygens (including phenoxy) is 3. The number of carbonyl (C=O) groups is 1. The fourth-order valence-electron chi connectivity index (χ4n) is 3.06. The van der Waals surface area contributed by atoms with E-state index in [2.05, 4.69) is 15.6 Å². The van der Waals surface area contributed by atoms with Gasteiger partial charge in [-0.25, -0.2) is 0 Å². The first-order valence-electron chi connectivity index (χ1n) is 10.4. The molecule has 0 aromatic heterocycles. The van der Waals surface area contributed by atoms with Crippen LogP contribution in [0.2, 0.25) is 0 Å². The third kappa shape index (κ3) is 6.53. The molecule has 0 atom stereocenters. The van der Waals surface area contributed by atoms with E-state index in [1.165, 1.54) is 0 Å². The zero-order valence-corrected chi connectivity index (χ0v) is 18.3. The Morgan fingerprint density at radius 2 is 1.97 bits per heavy atom. The number of nitrogens with one attached hydrogen (secondary N) is 2. The lowest BCUT2D eigenvalue weighted by Crippen LogP contribution is -2.39. The van der Waals surface area contributed by atoms with Crippen LogP contribution in [-0.4, -0.2) is 63.9 Å². The lowest BCUT2D eigenvalue weighted by Gasteiger charge is -2.13. The normalized spacial score (nSPS) is 12.4. The number of rotatable bonds is 9. The molecular formula is C23H30N4O4. The predicted octanol–water partition coefficient (Wildman–Crippen LogP) is 2.29. The van der Waals surface area contributed by atoms with Gasteiger partial charge >= 0.3 is 0 Å². The number of hydrogen-bond acceptors (Lipinski definition) is 5. The quantitative estimate of drug-likeness (QED) is 0.364.